The molecule has 0 bridgehead atoms. The van der Waals surface area contributed by atoms with Crippen LogP contribution in [0.25, 0.3) is 0 Å². The molecular weight excluding hydrogens is 240 g/mol. The fourth-order valence-corrected chi connectivity index (χ4v) is 2.51. The summed E-state index contributed by atoms with van der Waals surface area (Å²) in [7, 11) is 0. The molecule has 2 fully saturated rings. The van der Waals surface area contributed by atoms with Crippen molar-refractivity contribution in [3.05, 3.63) is 35.9 Å². The molecule has 3 rings (SSSR count). The van der Waals surface area contributed by atoms with Gasteiger partial charge < -0.3 is 10.1 Å². The maximum absolute atomic E-state index is 12.5. The van der Waals surface area contributed by atoms with Gasteiger partial charge in [-0.3, -0.25) is 9.69 Å². The second-order valence-electron chi connectivity index (χ2n) is 5.24. The van der Waals surface area contributed by atoms with E-state index in [1.54, 1.807) is 0 Å². The number of benzene rings is 1. The van der Waals surface area contributed by atoms with Crippen LogP contribution in [-0.4, -0.2) is 43.2 Å². The monoisotopic (exact) mass is 260 g/mol. The van der Waals surface area contributed by atoms with Gasteiger partial charge in [-0.25, -0.2) is 0 Å². The van der Waals surface area contributed by atoms with Crippen molar-refractivity contribution in [1.82, 2.24) is 10.2 Å². The van der Waals surface area contributed by atoms with E-state index in [0.717, 1.165) is 31.5 Å². The van der Waals surface area contributed by atoms with Crippen molar-refractivity contribution in [1.29, 1.82) is 0 Å². The Hall–Kier alpha value is -1.39. The third-order valence-electron chi connectivity index (χ3n) is 3.70. The molecular formula is C15H20N2O2. The molecule has 1 saturated carbocycles. The largest absolute Gasteiger partial charge is 0.379 e. The van der Waals surface area contributed by atoms with Gasteiger partial charge in [-0.1, -0.05) is 30.3 Å². The molecule has 0 aromatic heterocycles. The third kappa shape index (κ3) is 3.14. The fourth-order valence-electron chi connectivity index (χ4n) is 2.51. The third-order valence-corrected chi connectivity index (χ3v) is 3.70. The zero-order valence-electron chi connectivity index (χ0n) is 11.0. The Morgan fingerprint density at radius 1 is 1.21 bits per heavy atom. The van der Waals surface area contributed by atoms with Crippen LogP contribution in [0, 0.1) is 0 Å². The van der Waals surface area contributed by atoms with E-state index in [9.17, 15) is 4.79 Å². The van der Waals surface area contributed by atoms with Crippen LogP contribution in [0.15, 0.2) is 30.3 Å². The summed E-state index contributed by atoms with van der Waals surface area (Å²) in [6.07, 6.45) is 2.24. The molecule has 1 heterocycles. The molecule has 0 radical (unpaired) electrons. The van der Waals surface area contributed by atoms with Gasteiger partial charge in [-0.15, -0.1) is 0 Å². The number of ether oxygens (including phenoxy) is 1. The number of nitrogens with zero attached hydrogens (tertiary/aromatic N) is 1. The quantitative estimate of drug-likeness (QED) is 0.888. The van der Waals surface area contributed by atoms with Crippen molar-refractivity contribution < 1.29 is 9.53 Å². The highest BCUT2D eigenvalue weighted by Crippen LogP contribution is 2.25. The molecule has 4 heteroatoms. The lowest BCUT2D eigenvalue weighted by Gasteiger charge is -2.33. The fraction of sp³-hybridized carbons (Fsp3) is 0.533. The van der Waals surface area contributed by atoms with E-state index in [4.69, 9.17) is 4.74 Å². The van der Waals surface area contributed by atoms with Gasteiger partial charge in [0.15, 0.2) is 0 Å². The molecule has 1 atom stereocenters. The van der Waals surface area contributed by atoms with E-state index in [1.807, 2.05) is 30.3 Å². The van der Waals surface area contributed by atoms with Crippen molar-refractivity contribution in [2.45, 2.75) is 24.9 Å². The summed E-state index contributed by atoms with van der Waals surface area (Å²) in [5.41, 5.74) is 1.07. The molecule has 1 aromatic carbocycles. The Balaban J connectivity index is 1.79. The first-order chi connectivity index (χ1) is 9.34. The molecule has 0 unspecified atom stereocenters. The SMILES string of the molecule is O=C(NC1CC1)[C@H](c1ccccc1)N1CCOCC1. The lowest BCUT2D eigenvalue weighted by molar-refractivity contribution is -0.128. The topological polar surface area (TPSA) is 41.6 Å². The van der Waals surface area contributed by atoms with Crippen LogP contribution in [0.5, 0.6) is 0 Å². The Bertz CT molecular complexity index is 425. The van der Waals surface area contributed by atoms with Gasteiger partial charge in [0.25, 0.3) is 0 Å². The Kier molecular flexibility index (Phi) is 3.80. The van der Waals surface area contributed by atoms with Crippen LogP contribution >= 0.6 is 0 Å². The van der Waals surface area contributed by atoms with Gasteiger partial charge in [-0.05, 0) is 18.4 Å². The number of morpholine rings is 1. The highest BCUT2D eigenvalue weighted by molar-refractivity contribution is 5.83. The first-order valence-corrected chi connectivity index (χ1v) is 7.02. The predicted molar refractivity (Wildman–Crippen MR) is 72.7 cm³/mol. The molecule has 102 valence electrons. The maximum atomic E-state index is 12.5. The molecule has 1 amide bonds. The lowest BCUT2D eigenvalue weighted by atomic mass is 10.0. The highest BCUT2D eigenvalue weighted by Gasteiger charge is 2.32. The van der Waals surface area contributed by atoms with Gasteiger partial charge in [0.05, 0.1) is 13.2 Å². The van der Waals surface area contributed by atoms with Crippen molar-refractivity contribution in [3.63, 3.8) is 0 Å². The summed E-state index contributed by atoms with van der Waals surface area (Å²) in [4.78, 5) is 14.7. The summed E-state index contributed by atoms with van der Waals surface area (Å²) >= 11 is 0. The average Bonchev–Trinajstić information content (AvgIpc) is 3.25. The standard InChI is InChI=1S/C15H20N2O2/c18-15(16-13-6-7-13)14(12-4-2-1-3-5-12)17-8-10-19-11-9-17/h1-5,13-14H,6-11H2,(H,16,18)/t14-/m0/s1. The summed E-state index contributed by atoms with van der Waals surface area (Å²) < 4.78 is 5.39. The van der Waals surface area contributed by atoms with E-state index in [0.29, 0.717) is 19.3 Å². The average molecular weight is 260 g/mol. The minimum absolute atomic E-state index is 0.135. The number of rotatable bonds is 4. The van der Waals surface area contributed by atoms with Crippen LogP contribution in [0.2, 0.25) is 0 Å². The molecule has 1 aliphatic heterocycles. The minimum Gasteiger partial charge on any atom is -0.379 e. The number of amides is 1. The van der Waals surface area contributed by atoms with Gasteiger partial charge in [0.2, 0.25) is 5.91 Å². The zero-order valence-corrected chi connectivity index (χ0v) is 11.0. The molecule has 2 aliphatic rings. The number of hydrogen-bond donors (Lipinski definition) is 1. The Labute approximate surface area is 113 Å². The van der Waals surface area contributed by atoms with Crippen molar-refractivity contribution in [2.75, 3.05) is 26.3 Å². The predicted octanol–water partition coefficient (Wildman–Crippen LogP) is 1.34. The number of carbonyl (C=O) groups excluding carboxylic acids is 1. The summed E-state index contributed by atoms with van der Waals surface area (Å²) in [5, 5.41) is 3.13. The normalized spacial score (nSPS) is 21.9. The summed E-state index contributed by atoms with van der Waals surface area (Å²) in [5.74, 6) is 0.135. The number of hydrogen-bond acceptors (Lipinski definition) is 3. The van der Waals surface area contributed by atoms with E-state index in [2.05, 4.69) is 10.2 Å². The van der Waals surface area contributed by atoms with Crippen LogP contribution in [-0.2, 0) is 9.53 Å². The molecule has 0 spiro atoms. The molecule has 1 N–H and O–H groups in total. The second-order valence-corrected chi connectivity index (χ2v) is 5.24. The number of carbonyl (C=O) groups is 1. The maximum Gasteiger partial charge on any atom is 0.242 e. The van der Waals surface area contributed by atoms with Crippen LogP contribution in [0.3, 0.4) is 0 Å². The van der Waals surface area contributed by atoms with Crippen LogP contribution < -0.4 is 5.32 Å². The highest BCUT2D eigenvalue weighted by atomic mass is 16.5. The summed E-state index contributed by atoms with van der Waals surface area (Å²) in [6.45, 7) is 3.05. The lowest BCUT2D eigenvalue weighted by Crippen LogP contribution is -2.46. The number of nitrogens with one attached hydrogen (secondary N) is 1. The smallest absolute Gasteiger partial charge is 0.242 e. The Morgan fingerprint density at radius 2 is 1.89 bits per heavy atom. The zero-order chi connectivity index (χ0) is 13.1. The van der Waals surface area contributed by atoms with Crippen molar-refractivity contribution >= 4 is 5.91 Å². The van der Waals surface area contributed by atoms with Crippen LogP contribution in [0.4, 0.5) is 0 Å². The van der Waals surface area contributed by atoms with Gasteiger partial charge >= 0.3 is 0 Å². The van der Waals surface area contributed by atoms with Gasteiger partial charge in [0.1, 0.15) is 6.04 Å². The van der Waals surface area contributed by atoms with E-state index in [1.165, 1.54) is 0 Å². The van der Waals surface area contributed by atoms with Crippen LogP contribution in [0.1, 0.15) is 24.4 Å². The summed E-state index contributed by atoms with van der Waals surface area (Å²) in [6, 6.07) is 10.3. The van der Waals surface area contributed by atoms with Gasteiger partial charge in [0, 0.05) is 19.1 Å². The van der Waals surface area contributed by atoms with E-state index < -0.39 is 0 Å². The van der Waals surface area contributed by atoms with E-state index >= 15 is 0 Å². The molecule has 4 nitrogen and oxygen atoms in total. The molecule has 1 aliphatic carbocycles. The van der Waals surface area contributed by atoms with Crippen molar-refractivity contribution in [2.24, 2.45) is 0 Å². The minimum atomic E-state index is -0.175. The van der Waals surface area contributed by atoms with E-state index in [-0.39, 0.29) is 11.9 Å². The first-order valence-electron chi connectivity index (χ1n) is 7.02. The second kappa shape index (κ2) is 5.72. The molecule has 1 aromatic rings. The Morgan fingerprint density at radius 3 is 2.53 bits per heavy atom. The van der Waals surface area contributed by atoms with Crippen molar-refractivity contribution in [3.8, 4) is 0 Å². The van der Waals surface area contributed by atoms with Gasteiger partial charge in [-0.2, -0.15) is 0 Å². The molecule has 1 saturated heterocycles. The molecule has 19 heavy (non-hydrogen) atoms. The first kappa shape index (κ1) is 12.6.